The van der Waals surface area contributed by atoms with E-state index in [1.165, 1.54) is 69.6 Å². The Labute approximate surface area is 749 Å². The predicted molar refractivity (Wildman–Crippen MR) is 513 cm³/mol. The maximum Gasteiger partial charge on any atom is 0.251 e. The van der Waals surface area contributed by atoms with Crippen molar-refractivity contribution in [2.24, 2.45) is 0 Å². The van der Waals surface area contributed by atoms with Gasteiger partial charge in [-0.05, 0) is 179 Å². The minimum absolute atomic E-state index is 0.0361. The van der Waals surface area contributed by atoms with Crippen LogP contribution in [0.25, 0.3) is 66.9 Å². The maximum absolute atomic E-state index is 12.8. The molecule has 10 heterocycles. The molecule has 3 N–H and O–H groups in total. The van der Waals surface area contributed by atoms with Gasteiger partial charge in [-0.25, -0.2) is 29.9 Å². The van der Waals surface area contributed by atoms with Crippen LogP contribution in [-0.2, 0) is 93.9 Å². The van der Waals surface area contributed by atoms with Crippen molar-refractivity contribution in [3.63, 3.8) is 0 Å². The fourth-order valence-electron chi connectivity index (χ4n) is 16.4. The first-order valence-electron chi connectivity index (χ1n) is 43.5. The molecule has 3 amide bonds. The predicted octanol–water partition coefficient (Wildman–Crippen LogP) is 21.6. The average molecular weight is 1720 g/mol. The number of amides is 3. The molecule has 18 rings (SSSR count). The third-order valence-electron chi connectivity index (χ3n) is 22.9. The average Bonchev–Trinajstić information content (AvgIpc) is 1.63. The van der Waals surface area contributed by atoms with Crippen molar-refractivity contribution in [1.29, 1.82) is 0 Å². The summed E-state index contributed by atoms with van der Waals surface area (Å²) in [7, 11) is 0. The van der Waals surface area contributed by atoms with Crippen LogP contribution in [0.3, 0.4) is 0 Å². The smallest absolute Gasteiger partial charge is 0.251 e. The molecular weight excluding hydrogens is 1620 g/mol. The lowest BCUT2D eigenvalue weighted by Crippen LogP contribution is -2.35. The Bertz CT molecular complexity index is 6590. The molecule has 126 heavy (non-hydrogen) atoms. The fraction of sp³-hybridized carbons (Fsp3) is 0.236. The number of rotatable bonds is 28. The quantitative estimate of drug-likeness (QED) is 0.0423. The van der Waals surface area contributed by atoms with Crippen LogP contribution in [0.5, 0.6) is 0 Å². The van der Waals surface area contributed by atoms with Gasteiger partial charge in [0.1, 0.15) is 34.0 Å². The van der Waals surface area contributed by atoms with Crippen LogP contribution in [-0.4, -0.2) is 92.5 Å². The second kappa shape index (κ2) is 40.8. The van der Waals surface area contributed by atoms with Crippen molar-refractivity contribution in [1.82, 2.24) is 64.5 Å². The summed E-state index contributed by atoms with van der Waals surface area (Å²) in [5, 5.41) is 9.44. The van der Waals surface area contributed by atoms with E-state index in [2.05, 4.69) is 233 Å². The van der Waals surface area contributed by atoms with Gasteiger partial charge in [0, 0.05) is 110 Å². The maximum atomic E-state index is 12.8. The molecule has 0 saturated carbocycles. The van der Waals surface area contributed by atoms with Gasteiger partial charge in [0.05, 0.1) is 58.9 Å². The van der Waals surface area contributed by atoms with Crippen LogP contribution in [0.2, 0.25) is 0 Å². The van der Waals surface area contributed by atoms with Crippen molar-refractivity contribution >= 4 is 85.2 Å². The van der Waals surface area contributed by atoms with Crippen LogP contribution in [0, 0.1) is 34.6 Å². The number of benzene rings is 8. The number of thiophene rings is 3. The van der Waals surface area contributed by atoms with E-state index in [-0.39, 0.29) is 17.7 Å². The van der Waals surface area contributed by atoms with E-state index in [4.69, 9.17) is 29.7 Å². The number of hydrogen-bond acceptors (Lipinski definition) is 14. The van der Waals surface area contributed by atoms with E-state index >= 15 is 0 Å². The van der Waals surface area contributed by atoms with Crippen molar-refractivity contribution in [3.8, 4) is 33.4 Å². The summed E-state index contributed by atoms with van der Waals surface area (Å²) in [6.07, 6.45) is 6.53. The zero-order chi connectivity index (χ0) is 87.0. The second-order valence-corrected chi connectivity index (χ2v) is 35.9. The van der Waals surface area contributed by atoms with E-state index < -0.39 is 0 Å². The topological polar surface area (TPSA) is 192 Å². The minimum atomic E-state index is -0.0620. The molecule has 17 nitrogen and oxygen atoms in total. The Morgan fingerprint density at radius 1 is 0.365 bits per heavy atom. The monoisotopic (exact) mass is 1720 g/mol. The van der Waals surface area contributed by atoms with Crippen LogP contribution < -0.4 is 16.0 Å². The number of imidazole rings is 3. The number of morpholine rings is 1. The molecule has 636 valence electrons. The summed E-state index contributed by atoms with van der Waals surface area (Å²) in [6, 6.07) is 89.2. The van der Waals surface area contributed by atoms with Gasteiger partial charge in [-0.15, -0.1) is 34.0 Å². The van der Waals surface area contributed by atoms with Crippen molar-refractivity contribution in [3.05, 3.63) is 386 Å². The molecule has 17 aromatic rings. The molecule has 1 fully saturated rings. The fourth-order valence-corrected chi connectivity index (χ4v) is 19.9. The Balaban J connectivity index is 0.000000139. The molecule has 1 saturated heterocycles. The van der Waals surface area contributed by atoms with Crippen molar-refractivity contribution < 1.29 is 19.1 Å². The normalized spacial score (nSPS) is 12.1. The summed E-state index contributed by atoms with van der Waals surface area (Å²) >= 11 is 5.33. The summed E-state index contributed by atoms with van der Waals surface area (Å²) < 4.78 is 12.3. The molecular formula is C106H105N13O4S3. The van der Waals surface area contributed by atoms with Crippen LogP contribution in [0.15, 0.2) is 267 Å². The highest BCUT2D eigenvalue weighted by atomic mass is 32.1. The second-order valence-electron chi connectivity index (χ2n) is 32.2. The number of aromatic nitrogens is 9. The first-order chi connectivity index (χ1) is 61.5. The number of carbonyl (C=O) groups excluding carboxylic acids is 3. The number of nitrogens with zero attached hydrogens (tertiary/aromatic N) is 10. The molecule has 0 aliphatic carbocycles. The Kier molecular flexibility index (Phi) is 28.0. The van der Waals surface area contributed by atoms with Crippen molar-refractivity contribution in [2.45, 2.75) is 140 Å². The Morgan fingerprint density at radius 3 is 1.13 bits per heavy atom. The standard InChI is InChI=1S/C36H34N4OS.C35H39N5O2S.C35H32N4OS/c1-4-33-39-34-24(2)19-25(3)38-35(34)40(33)23-27-15-17-28(18-16-27)31-21-30(20-26-11-7-5-8-12-26)42-32(31)22-37-36(41)29-13-9-6-10-14-29;1-4-32-38-34-24(2)18-25(3)37-35(34)40(32)22-27-10-12-28(13-11-27)30-20-29(23-39-14-16-42-17-15-39)43-31(30)21-36-33(41)19-26-8-6-5-7-9-26;1-3-32-38-33-24(2)18-19-36-34(33)39(32)23-26-14-16-27(17-15-26)30-21-29(20-25-10-6-4-7-11-25)41-31(30)22-37-35(40)28-12-8-5-9-13-28/h5-19,21H,4,20,22-23H2,1-3H3,(H,37,41);5-13,18,20H,4,14-17,19,21-23H2,1-3H3,(H,36,41);4-19,21H,3,20,22-23H2,1-2H3,(H,37,40). The van der Waals surface area contributed by atoms with E-state index in [9.17, 15) is 14.4 Å². The lowest BCUT2D eigenvalue weighted by Gasteiger charge is -2.25. The lowest BCUT2D eigenvalue weighted by atomic mass is 10.0. The van der Waals surface area contributed by atoms with Gasteiger partial charge in [0.25, 0.3) is 11.8 Å². The van der Waals surface area contributed by atoms with Crippen LogP contribution in [0.1, 0.15) is 150 Å². The van der Waals surface area contributed by atoms with E-state index in [0.717, 1.165) is 190 Å². The summed E-state index contributed by atoms with van der Waals surface area (Å²) in [6.45, 7) is 24.8. The molecule has 0 unspecified atom stereocenters. The zero-order valence-corrected chi connectivity index (χ0v) is 75.2. The molecule has 0 atom stereocenters. The SMILES string of the molecule is CCc1nc2c(C)cc(C)nc2n1Cc1ccc(-c2cc(CN3CCOCC3)sc2CNC(=O)Cc2ccccc2)cc1.CCc1nc2c(C)cc(C)nc2n1Cc1ccc(-c2cc(Cc3ccccc3)sc2CNC(=O)c2ccccc2)cc1.CCc1nc2c(C)ccnc2n1Cc1ccc(-c2cc(Cc3ccccc3)sc2CNC(=O)c2ccccc2)cc1. The van der Waals surface area contributed by atoms with E-state index in [1.54, 1.807) is 34.0 Å². The Morgan fingerprint density at radius 2 is 0.722 bits per heavy atom. The number of hydrogen-bond donors (Lipinski definition) is 3. The van der Waals surface area contributed by atoms with Gasteiger partial charge in [-0.1, -0.05) is 221 Å². The number of nitrogens with one attached hydrogen (secondary N) is 3. The van der Waals surface area contributed by atoms with Gasteiger partial charge in [-0.3, -0.25) is 19.3 Å². The lowest BCUT2D eigenvalue weighted by molar-refractivity contribution is -0.120. The first-order valence-corrected chi connectivity index (χ1v) is 45.9. The highest BCUT2D eigenvalue weighted by Gasteiger charge is 2.23. The molecule has 0 spiro atoms. The molecule has 20 heteroatoms. The zero-order valence-electron chi connectivity index (χ0n) is 72.8. The van der Waals surface area contributed by atoms with Crippen LogP contribution in [0.4, 0.5) is 0 Å². The number of fused-ring (bicyclic) bond motifs is 3. The third kappa shape index (κ3) is 21.2. The number of carbonyl (C=O) groups is 3. The van der Waals surface area contributed by atoms with Gasteiger partial charge in [-0.2, -0.15) is 0 Å². The van der Waals surface area contributed by atoms with E-state index in [1.807, 2.05) is 129 Å². The van der Waals surface area contributed by atoms with E-state index in [0.29, 0.717) is 37.2 Å². The number of ether oxygens (including phenoxy) is 1. The molecule has 1 aliphatic heterocycles. The van der Waals surface area contributed by atoms with Gasteiger partial charge in [0.2, 0.25) is 5.91 Å². The molecule has 9 aromatic heterocycles. The molecule has 0 bridgehead atoms. The number of aryl methyl sites for hydroxylation is 8. The molecule has 1 aliphatic rings. The number of pyridine rings is 3. The van der Waals surface area contributed by atoms with Gasteiger partial charge >= 0.3 is 0 Å². The molecule has 0 radical (unpaired) electrons. The highest BCUT2D eigenvalue weighted by molar-refractivity contribution is 7.13. The summed E-state index contributed by atoms with van der Waals surface area (Å²) in [5.74, 6) is 3.07. The van der Waals surface area contributed by atoms with Gasteiger partial charge < -0.3 is 34.4 Å². The van der Waals surface area contributed by atoms with Crippen molar-refractivity contribution in [2.75, 3.05) is 26.3 Å². The highest BCUT2D eigenvalue weighted by Crippen LogP contribution is 2.38. The Hall–Kier alpha value is -13.0. The largest absolute Gasteiger partial charge is 0.379 e. The molecule has 8 aromatic carbocycles. The summed E-state index contributed by atoms with van der Waals surface area (Å²) in [4.78, 5) is 77.2. The van der Waals surface area contributed by atoms with Crippen LogP contribution >= 0.6 is 34.0 Å². The first kappa shape index (κ1) is 86.6. The van der Waals surface area contributed by atoms with Gasteiger partial charge in [0.15, 0.2) is 16.9 Å². The third-order valence-corrected chi connectivity index (χ3v) is 26.3. The minimum Gasteiger partial charge on any atom is -0.379 e. The summed E-state index contributed by atoms with van der Waals surface area (Å²) in [5.41, 5.74) is 26.8.